The highest BCUT2D eigenvalue weighted by molar-refractivity contribution is 7.14. The van der Waals surface area contributed by atoms with E-state index in [-0.39, 0.29) is 0 Å². The maximum Gasteiger partial charge on any atom is 0.173 e. The molecule has 3 aromatic rings. The number of aromatic nitrogens is 3. The highest BCUT2D eigenvalue weighted by Crippen LogP contribution is 2.29. The van der Waals surface area contributed by atoms with E-state index in [1.807, 2.05) is 25.1 Å². The molecule has 96 valence electrons. The number of hydrogen-bond acceptors (Lipinski definition) is 5. The van der Waals surface area contributed by atoms with E-state index in [1.54, 1.807) is 24.6 Å². The predicted octanol–water partition coefficient (Wildman–Crippen LogP) is 3.72. The van der Waals surface area contributed by atoms with Crippen molar-refractivity contribution in [2.24, 2.45) is 0 Å². The second-order valence-electron chi connectivity index (χ2n) is 3.96. The number of aryl methyl sites for hydroxylation is 1. The molecule has 0 aliphatic heterocycles. The Balaban J connectivity index is 2.22. The second kappa shape index (κ2) is 4.75. The molecule has 0 amide bonds. The van der Waals surface area contributed by atoms with Crippen LogP contribution < -0.4 is 4.74 Å². The van der Waals surface area contributed by atoms with Crippen molar-refractivity contribution < 1.29 is 4.74 Å². The predicted molar refractivity (Wildman–Crippen MR) is 76.9 cm³/mol. The number of methoxy groups -OCH3 is 1. The highest BCUT2D eigenvalue weighted by Gasteiger charge is 2.10. The standard InChI is InChI=1S/C13H10ClN3OS/c1-7-15-6-11(19-7)13-16-10-5-8(18-2)3-4-9(10)12(14)17-13/h3-6H,1-2H3. The van der Waals surface area contributed by atoms with Crippen LogP contribution in [0.4, 0.5) is 0 Å². The Labute approximate surface area is 119 Å². The monoisotopic (exact) mass is 291 g/mol. The summed E-state index contributed by atoms with van der Waals surface area (Å²) in [7, 11) is 1.62. The van der Waals surface area contributed by atoms with E-state index in [1.165, 1.54) is 0 Å². The summed E-state index contributed by atoms with van der Waals surface area (Å²) in [5, 5.41) is 2.22. The lowest BCUT2D eigenvalue weighted by Crippen LogP contribution is -1.91. The van der Waals surface area contributed by atoms with E-state index >= 15 is 0 Å². The summed E-state index contributed by atoms with van der Waals surface area (Å²) in [4.78, 5) is 14.0. The minimum Gasteiger partial charge on any atom is -0.497 e. The van der Waals surface area contributed by atoms with Gasteiger partial charge >= 0.3 is 0 Å². The van der Waals surface area contributed by atoms with Crippen LogP contribution in [0.25, 0.3) is 21.6 Å². The highest BCUT2D eigenvalue weighted by atomic mass is 35.5. The van der Waals surface area contributed by atoms with Crippen LogP contribution in [0.3, 0.4) is 0 Å². The molecule has 0 fully saturated rings. The number of benzene rings is 1. The summed E-state index contributed by atoms with van der Waals surface area (Å²) >= 11 is 7.75. The van der Waals surface area contributed by atoms with E-state index in [4.69, 9.17) is 16.3 Å². The van der Waals surface area contributed by atoms with Gasteiger partial charge < -0.3 is 4.74 Å². The van der Waals surface area contributed by atoms with Crippen molar-refractivity contribution in [2.75, 3.05) is 7.11 Å². The minimum absolute atomic E-state index is 0.439. The van der Waals surface area contributed by atoms with E-state index < -0.39 is 0 Å². The first-order valence-electron chi connectivity index (χ1n) is 5.61. The number of fused-ring (bicyclic) bond motifs is 1. The number of hydrogen-bond donors (Lipinski definition) is 0. The van der Waals surface area contributed by atoms with Gasteiger partial charge in [0.1, 0.15) is 10.9 Å². The number of thiazole rings is 1. The third kappa shape index (κ3) is 2.27. The molecule has 0 spiro atoms. The van der Waals surface area contributed by atoms with Gasteiger partial charge in [0.2, 0.25) is 0 Å². The fraction of sp³-hybridized carbons (Fsp3) is 0.154. The Morgan fingerprint density at radius 2 is 2.11 bits per heavy atom. The van der Waals surface area contributed by atoms with E-state index in [2.05, 4.69) is 15.0 Å². The zero-order valence-electron chi connectivity index (χ0n) is 10.3. The van der Waals surface area contributed by atoms with Crippen molar-refractivity contribution in [3.8, 4) is 16.5 Å². The average Bonchev–Trinajstić information content (AvgIpc) is 2.84. The maximum atomic E-state index is 6.21. The first-order chi connectivity index (χ1) is 9.17. The van der Waals surface area contributed by atoms with E-state index in [0.29, 0.717) is 11.0 Å². The smallest absolute Gasteiger partial charge is 0.173 e. The topological polar surface area (TPSA) is 47.9 Å². The Morgan fingerprint density at radius 3 is 2.79 bits per heavy atom. The molecule has 0 aliphatic rings. The van der Waals surface area contributed by atoms with Crippen molar-refractivity contribution in [1.29, 1.82) is 0 Å². The van der Waals surface area contributed by atoms with Crippen LogP contribution in [0.15, 0.2) is 24.4 Å². The molecule has 4 nitrogen and oxygen atoms in total. The minimum atomic E-state index is 0.439. The summed E-state index contributed by atoms with van der Waals surface area (Å²) in [6.07, 6.45) is 1.76. The van der Waals surface area contributed by atoms with Crippen LogP contribution in [0.2, 0.25) is 5.15 Å². The van der Waals surface area contributed by atoms with Crippen LogP contribution in [-0.4, -0.2) is 22.1 Å². The number of rotatable bonds is 2. The lowest BCUT2D eigenvalue weighted by molar-refractivity contribution is 0.415. The summed E-state index contributed by atoms with van der Waals surface area (Å²) in [5.41, 5.74) is 0.764. The van der Waals surface area contributed by atoms with Crippen LogP contribution in [-0.2, 0) is 0 Å². The Bertz CT molecular complexity index is 757. The zero-order chi connectivity index (χ0) is 13.4. The molecule has 0 radical (unpaired) electrons. The molecule has 0 saturated heterocycles. The van der Waals surface area contributed by atoms with Gasteiger partial charge in [-0.05, 0) is 19.1 Å². The van der Waals surface area contributed by atoms with Gasteiger partial charge in [0.15, 0.2) is 5.82 Å². The first-order valence-corrected chi connectivity index (χ1v) is 6.81. The first kappa shape index (κ1) is 12.3. The quantitative estimate of drug-likeness (QED) is 0.675. The van der Waals surface area contributed by atoms with Crippen LogP contribution in [0.5, 0.6) is 5.75 Å². The molecule has 3 rings (SSSR count). The molecule has 0 aliphatic carbocycles. The maximum absolute atomic E-state index is 6.21. The van der Waals surface area contributed by atoms with Crippen molar-refractivity contribution in [1.82, 2.24) is 15.0 Å². The second-order valence-corrected chi connectivity index (χ2v) is 5.56. The van der Waals surface area contributed by atoms with Crippen molar-refractivity contribution >= 4 is 33.8 Å². The Hall–Kier alpha value is -1.72. The molecule has 2 aromatic heterocycles. The third-order valence-electron chi connectivity index (χ3n) is 2.70. The molecule has 0 N–H and O–H groups in total. The average molecular weight is 292 g/mol. The van der Waals surface area contributed by atoms with Crippen molar-refractivity contribution in [2.45, 2.75) is 6.92 Å². The zero-order valence-corrected chi connectivity index (χ0v) is 11.9. The molecule has 6 heteroatoms. The van der Waals surface area contributed by atoms with Crippen LogP contribution in [0.1, 0.15) is 5.01 Å². The van der Waals surface area contributed by atoms with Gasteiger partial charge in [0, 0.05) is 17.6 Å². The normalized spacial score (nSPS) is 10.9. The molecular formula is C13H10ClN3OS. The molecule has 1 aromatic carbocycles. The molecule has 0 bridgehead atoms. The Morgan fingerprint density at radius 1 is 1.26 bits per heavy atom. The SMILES string of the molecule is COc1ccc2c(Cl)nc(-c3cnc(C)s3)nc2c1. The molecular weight excluding hydrogens is 282 g/mol. The van der Waals surface area contributed by atoms with Gasteiger partial charge in [0.05, 0.1) is 22.5 Å². The fourth-order valence-corrected chi connectivity index (χ4v) is 2.72. The van der Waals surface area contributed by atoms with Crippen molar-refractivity contribution in [3.05, 3.63) is 34.6 Å². The number of ether oxygens (including phenoxy) is 1. The van der Waals surface area contributed by atoms with E-state index in [9.17, 15) is 0 Å². The number of halogens is 1. The van der Waals surface area contributed by atoms with Gasteiger partial charge in [0.25, 0.3) is 0 Å². The Kier molecular flexibility index (Phi) is 3.08. The van der Waals surface area contributed by atoms with Gasteiger partial charge in [-0.3, -0.25) is 0 Å². The van der Waals surface area contributed by atoms with E-state index in [0.717, 1.165) is 26.5 Å². The summed E-state index contributed by atoms with van der Waals surface area (Å²) in [6.45, 7) is 1.94. The van der Waals surface area contributed by atoms with Gasteiger partial charge in [-0.2, -0.15) is 0 Å². The lowest BCUT2D eigenvalue weighted by Gasteiger charge is -2.04. The summed E-state index contributed by atoms with van der Waals surface area (Å²) in [6, 6.07) is 5.55. The van der Waals surface area contributed by atoms with Gasteiger partial charge in [-0.15, -0.1) is 11.3 Å². The molecule has 2 heterocycles. The molecule has 0 atom stereocenters. The molecule has 0 unspecified atom stereocenters. The number of nitrogens with zero attached hydrogens (tertiary/aromatic N) is 3. The fourth-order valence-electron chi connectivity index (χ4n) is 1.77. The molecule has 19 heavy (non-hydrogen) atoms. The third-order valence-corrected chi connectivity index (χ3v) is 3.90. The van der Waals surface area contributed by atoms with Crippen molar-refractivity contribution in [3.63, 3.8) is 0 Å². The van der Waals surface area contributed by atoms with Crippen LogP contribution >= 0.6 is 22.9 Å². The summed E-state index contributed by atoms with van der Waals surface area (Å²) in [5.74, 6) is 1.34. The van der Waals surface area contributed by atoms with Crippen LogP contribution in [0, 0.1) is 6.92 Å². The van der Waals surface area contributed by atoms with Gasteiger partial charge in [-0.25, -0.2) is 15.0 Å². The summed E-state index contributed by atoms with van der Waals surface area (Å²) < 4.78 is 5.20. The largest absolute Gasteiger partial charge is 0.497 e. The molecule has 0 saturated carbocycles. The van der Waals surface area contributed by atoms with Gasteiger partial charge in [-0.1, -0.05) is 11.6 Å². The lowest BCUT2D eigenvalue weighted by atomic mass is 10.2.